The molecule has 0 fully saturated rings. The van der Waals surface area contributed by atoms with Crippen molar-refractivity contribution >= 4 is 17.6 Å². The number of ether oxygens (including phenoxy) is 1. The van der Waals surface area contributed by atoms with Gasteiger partial charge in [-0.1, -0.05) is 0 Å². The van der Waals surface area contributed by atoms with Crippen LogP contribution in [0.25, 0.3) is 0 Å². The van der Waals surface area contributed by atoms with Gasteiger partial charge < -0.3 is 10.5 Å². The van der Waals surface area contributed by atoms with Crippen LogP contribution in [0.1, 0.15) is 31.8 Å². The quantitative estimate of drug-likeness (QED) is 0.429. The highest BCUT2D eigenvalue weighted by Crippen LogP contribution is 2.36. The highest BCUT2D eigenvalue weighted by atomic mass is 19.4. The Labute approximate surface area is 168 Å². The number of carbonyl (C=O) groups excluding carboxylic acids is 2. The van der Waals surface area contributed by atoms with Crippen LogP contribution in [0.2, 0.25) is 0 Å². The molecule has 0 spiro atoms. The molecule has 14 heteroatoms. The zero-order valence-corrected chi connectivity index (χ0v) is 15.7. The summed E-state index contributed by atoms with van der Waals surface area (Å²) in [5.74, 6) is -3.46. The van der Waals surface area contributed by atoms with E-state index in [9.17, 15) is 45.5 Å². The maximum Gasteiger partial charge on any atom is 0.416 e. The van der Waals surface area contributed by atoms with E-state index in [1.54, 1.807) is 0 Å². The molecule has 1 heterocycles. The molecular formula is C17H13F6N3O5. The summed E-state index contributed by atoms with van der Waals surface area (Å²) in [6.45, 7) is -1.23. The predicted molar refractivity (Wildman–Crippen MR) is 92.4 cm³/mol. The Bertz CT molecular complexity index is 1140. The summed E-state index contributed by atoms with van der Waals surface area (Å²) < 4.78 is 83.0. The number of hydrogen-bond acceptors (Lipinski definition) is 6. The summed E-state index contributed by atoms with van der Waals surface area (Å²) in [7, 11) is 2.18. The summed E-state index contributed by atoms with van der Waals surface area (Å²) >= 11 is 0. The first-order valence-electron chi connectivity index (χ1n) is 8.11. The Morgan fingerprint density at radius 1 is 0.935 bits per heavy atom. The molecule has 2 rings (SSSR count). The molecule has 0 radical (unpaired) electrons. The van der Waals surface area contributed by atoms with Crippen molar-refractivity contribution in [2.24, 2.45) is 14.1 Å². The van der Waals surface area contributed by atoms with Gasteiger partial charge in [0.1, 0.15) is 11.4 Å². The van der Waals surface area contributed by atoms with E-state index >= 15 is 0 Å². The van der Waals surface area contributed by atoms with Gasteiger partial charge in [0, 0.05) is 14.1 Å². The molecule has 0 aliphatic carbocycles. The van der Waals surface area contributed by atoms with Gasteiger partial charge in [-0.2, -0.15) is 26.3 Å². The van der Waals surface area contributed by atoms with Crippen molar-refractivity contribution in [2.75, 3.05) is 12.3 Å². The van der Waals surface area contributed by atoms with E-state index in [-0.39, 0.29) is 18.2 Å². The largest absolute Gasteiger partial charge is 0.454 e. The number of nitrogen functional groups attached to an aromatic ring is 1. The predicted octanol–water partition coefficient (Wildman–Crippen LogP) is 1.74. The lowest BCUT2D eigenvalue weighted by Gasteiger charge is -2.14. The molecule has 168 valence electrons. The van der Waals surface area contributed by atoms with Gasteiger partial charge >= 0.3 is 24.0 Å². The van der Waals surface area contributed by atoms with Crippen molar-refractivity contribution in [2.45, 2.75) is 12.4 Å². The first-order chi connectivity index (χ1) is 14.1. The number of Topliss-reactive ketones (excluding diaryl/α,β-unsaturated/α-hetero) is 1. The molecule has 0 aliphatic heterocycles. The standard InChI is InChI=1S/C17H13F6N3O5/c1-25-12(24)11(13(28)26(2)15(25)30)10(27)6-31-14(29)7-3-8(16(18,19)20)5-9(4-7)17(21,22)23/h3-5H,6,24H2,1-2H3. The summed E-state index contributed by atoms with van der Waals surface area (Å²) in [6, 6.07) is 0.0696. The first-order valence-corrected chi connectivity index (χ1v) is 8.11. The molecule has 2 aromatic rings. The van der Waals surface area contributed by atoms with Gasteiger partial charge in [0.05, 0.1) is 16.7 Å². The maximum atomic E-state index is 12.9. The molecular weight excluding hydrogens is 440 g/mol. The summed E-state index contributed by atoms with van der Waals surface area (Å²) in [5.41, 5.74) is -1.80. The second-order valence-electron chi connectivity index (χ2n) is 6.26. The van der Waals surface area contributed by atoms with Crippen molar-refractivity contribution in [3.8, 4) is 0 Å². The molecule has 8 nitrogen and oxygen atoms in total. The molecule has 0 saturated heterocycles. The number of alkyl halides is 6. The van der Waals surface area contributed by atoms with Gasteiger partial charge in [-0.05, 0) is 18.2 Å². The Morgan fingerprint density at radius 2 is 1.42 bits per heavy atom. The number of halogens is 6. The zero-order chi connectivity index (χ0) is 23.9. The SMILES string of the molecule is Cn1c(N)c(C(=O)COC(=O)c2cc(C(F)(F)F)cc(C(F)(F)F)c2)c(=O)n(C)c1=O. The van der Waals surface area contributed by atoms with Gasteiger partial charge in [-0.15, -0.1) is 0 Å². The molecule has 1 aromatic carbocycles. The number of nitrogens with two attached hydrogens (primary N) is 1. The van der Waals surface area contributed by atoms with Gasteiger partial charge in [-0.3, -0.25) is 18.7 Å². The Kier molecular flexibility index (Phi) is 6.06. The third-order valence-corrected chi connectivity index (χ3v) is 4.15. The maximum absolute atomic E-state index is 12.9. The highest BCUT2D eigenvalue weighted by molar-refractivity contribution is 6.02. The van der Waals surface area contributed by atoms with Crippen molar-refractivity contribution in [1.29, 1.82) is 0 Å². The lowest BCUT2D eigenvalue weighted by atomic mass is 10.0. The second-order valence-corrected chi connectivity index (χ2v) is 6.26. The van der Waals surface area contributed by atoms with Crippen LogP contribution in [-0.2, 0) is 31.2 Å². The van der Waals surface area contributed by atoms with E-state index in [1.165, 1.54) is 0 Å². The van der Waals surface area contributed by atoms with Gasteiger partial charge in [-0.25, -0.2) is 9.59 Å². The Hall–Kier alpha value is -3.58. The fourth-order valence-corrected chi connectivity index (χ4v) is 2.48. The summed E-state index contributed by atoms with van der Waals surface area (Å²) in [6.07, 6.45) is -10.4. The number of hydrogen-bond donors (Lipinski definition) is 1. The molecule has 1 aromatic heterocycles. The lowest BCUT2D eigenvalue weighted by molar-refractivity contribution is -0.143. The fraction of sp³-hybridized carbons (Fsp3) is 0.294. The number of rotatable bonds is 4. The molecule has 2 N–H and O–H groups in total. The van der Waals surface area contributed by atoms with E-state index in [0.29, 0.717) is 4.57 Å². The van der Waals surface area contributed by atoms with E-state index in [1.807, 2.05) is 0 Å². The van der Waals surface area contributed by atoms with Crippen LogP contribution >= 0.6 is 0 Å². The first kappa shape index (κ1) is 23.7. The summed E-state index contributed by atoms with van der Waals surface area (Å²) in [4.78, 5) is 48.1. The number of aromatic nitrogens is 2. The minimum absolute atomic E-state index is 0.127. The monoisotopic (exact) mass is 453 g/mol. The van der Waals surface area contributed by atoms with E-state index in [4.69, 9.17) is 5.73 Å². The highest BCUT2D eigenvalue weighted by Gasteiger charge is 2.37. The van der Waals surface area contributed by atoms with Crippen LogP contribution in [0.3, 0.4) is 0 Å². The number of esters is 1. The lowest BCUT2D eigenvalue weighted by Crippen LogP contribution is -2.42. The fourth-order valence-electron chi connectivity index (χ4n) is 2.48. The van der Waals surface area contributed by atoms with E-state index < -0.39 is 70.0 Å². The molecule has 0 atom stereocenters. The Balaban J connectivity index is 2.37. The summed E-state index contributed by atoms with van der Waals surface area (Å²) in [5, 5.41) is 0. The van der Waals surface area contributed by atoms with Crippen molar-refractivity contribution in [1.82, 2.24) is 9.13 Å². The number of ketones is 1. The minimum Gasteiger partial charge on any atom is -0.454 e. The molecule has 31 heavy (non-hydrogen) atoms. The van der Waals surface area contributed by atoms with Crippen LogP contribution < -0.4 is 17.0 Å². The van der Waals surface area contributed by atoms with E-state index in [2.05, 4.69) is 4.74 Å². The molecule has 0 saturated carbocycles. The molecule has 0 amide bonds. The molecule has 0 aliphatic rings. The van der Waals surface area contributed by atoms with Gasteiger partial charge in [0.15, 0.2) is 6.61 Å². The smallest absolute Gasteiger partial charge is 0.416 e. The number of nitrogens with zero attached hydrogens (tertiary/aromatic N) is 2. The van der Waals surface area contributed by atoms with Crippen molar-refractivity contribution in [3.63, 3.8) is 0 Å². The number of benzene rings is 1. The number of anilines is 1. The van der Waals surface area contributed by atoms with Crippen molar-refractivity contribution < 1.29 is 40.7 Å². The topological polar surface area (TPSA) is 113 Å². The van der Waals surface area contributed by atoms with Crippen LogP contribution in [0, 0.1) is 0 Å². The van der Waals surface area contributed by atoms with Crippen LogP contribution in [0.15, 0.2) is 27.8 Å². The van der Waals surface area contributed by atoms with Crippen LogP contribution in [-0.4, -0.2) is 27.5 Å². The number of carbonyl (C=O) groups is 2. The average molecular weight is 453 g/mol. The van der Waals surface area contributed by atoms with E-state index in [0.717, 1.165) is 18.7 Å². The Morgan fingerprint density at radius 3 is 1.87 bits per heavy atom. The third-order valence-electron chi connectivity index (χ3n) is 4.15. The van der Waals surface area contributed by atoms with Crippen LogP contribution in [0.4, 0.5) is 32.2 Å². The molecule has 0 bridgehead atoms. The van der Waals surface area contributed by atoms with Crippen LogP contribution in [0.5, 0.6) is 0 Å². The zero-order valence-electron chi connectivity index (χ0n) is 15.7. The van der Waals surface area contributed by atoms with Gasteiger partial charge in [0.25, 0.3) is 5.56 Å². The van der Waals surface area contributed by atoms with Crippen molar-refractivity contribution in [3.05, 3.63) is 61.3 Å². The van der Waals surface area contributed by atoms with Gasteiger partial charge in [0.2, 0.25) is 5.78 Å². The molecule has 0 unspecified atom stereocenters. The normalized spacial score (nSPS) is 12.0. The second kappa shape index (κ2) is 7.92. The average Bonchev–Trinajstić information content (AvgIpc) is 2.67. The third kappa shape index (κ3) is 4.78. The minimum atomic E-state index is -5.19.